The minimum Gasteiger partial charge on any atom is -0.463 e. The molecule has 1 saturated heterocycles. The lowest BCUT2D eigenvalue weighted by atomic mass is 9.80. The number of aliphatic hydroxyl groups excluding tert-OH is 5. The summed E-state index contributed by atoms with van der Waals surface area (Å²) in [7, 11) is 0. The second-order valence-electron chi connectivity index (χ2n) is 9.95. The van der Waals surface area contributed by atoms with Crippen molar-refractivity contribution in [1.82, 2.24) is 0 Å². The van der Waals surface area contributed by atoms with Crippen molar-refractivity contribution in [1.29, 1.82) is 0 Å². The van der Waals surface area contributed by atoms with Crippen LogP contribution in [0.4, 0.5) is 0 Å². The number of hydrogen-bond donors (Lipinski definition) is 6. The highest BCUT2D eigenvalue weighted by molar-refractivity contribution is 5.69. The molecule has 0 unspecified atom stereocenters. The van der Waals surface area contributed by atoms with Gasteiger partial charge < -0.3 is 54.3 Å². The van der Waals surface area contributed by atoms with E-state index in [1.165, 1.54) is 6.26 Å². The number of fused-ring (bicyclic) bond motifs is 1. The molecule has 2 heterocycles. The summed E-state index contributed by atoms with van der Waals surface area (Å²) in [6, 6.07) is 0. The average Bonchev–Trinajstić information content (AvgIpc) is 3.07. The molecular formula is C23H36O13. The third-order valence-electron chi connectivity index (χ3n) is 6.78. The standard InChI is InChI=1S/C23H36O13/c1-10(2)4-16(27)36-21-17-13(5-15(26)23(17,31)9-34-11(3)25)12(7-32-21)8-33-22-20(30)19(29)18(28)14(6-24)35-22/h7,10,13-15,17-22,24,26,28-31H,4-6,8-9H2,1-3H3/t13-,14-,15+,17-,18-,19+,20+,21+,22+,23-/m1/s1. The molecule has 1 saturated carbocycles. The van der Waals surface area contributed by atoms with Gasteiger partial charge in [-0.05, 0) is 17.9 Å². The van der Waals surface area contributed by atoms with E-state index < -0.39 is 85.7 Å². The van der Waals surface area contributed by atoms with Gasteiger partial charge in [-0.3, -0.25) is 9.59 Å². The molecule has 13 nitrogen and oxygen atoms in total. The normalized spacial score (nSPS) is 40.3. The quantitative estimate of drug-likeness (QED) is 0.181. The summed E-state index contributed by atoms with van der Waals surface area (Å²) < 4.78 is 27.0. The molecule has 0 aromatic heterocycles. The van der Waals surface area contributed by atoms with Gasteiger partial charge >= 0.3 is 11.9 Å². The minimum absolute atomic E-state index is 0.00373. The van der Waals surface area contributed by atoms with Gasteiger partial charge in [0.25, 0.3) is 0 Å². The van der Waals surface area contributed by atoms with Crippen molar-refractivity contribution < 1.29 is 63.9 Å². The molecular weight excluding hydrogens is 484 g/mol. The third-order valence-corrected chi connectivity index (χ3v) is 6.78. The molecule has 2 aliphatic heterocycles. The lowest BCUT2D eigenvalue weighted by molar-refractivity contribution is -0.299. The zero-order chi connectivity index (χ0) is 26.8. The summed E-state index contributed by atoms with van der Waals surface area (Å²) >= 11 is 0. The van der Waals surface area contributed by atoms with Crippen LogP contribution in [0.25, 0.3) is 0 Å². The van der Waals surface area contributed by atoms with Gasteiger partial charge in [-0.15, -0.1) is 0 Å². The Morgan fingerprint density at radius 1 is 1.14 bits per heavy atom. The van der Waals surface area contributed by atoms with Gasteiger partial charge in [-0.25, -0.2) is 0 Å². The topological polar surface area (TPSA) is 202 Å². The van der Waals surface area contributed by atoms with E-state index in [1.807, 2.05) is 13.8 Å². The maximum atomic E-state index is 12.3. The van der Waals surface area contributed by atoms with Crippen LogP contribution in [0.2, 0.25) is 0 Å². The number of carbonyl (C=O) groups is 2. The van der Waals surface area contributed by atoms with Crippen molar-refractivity contribution in [2.75, 3.05) is 19.8 Å². The Hall–Kier alpha value is -1.84. The smallest absolute Gasteiger partial charge is 0.309 e. The van der Waals surface area contributed by atoms with Gasteiger partial charge in [0, 0.05) is 19.3 Å². The second kappa shape index (κ2) is 11.7. The zero-order valence-electron chi connectivity index (χ0n) is 20.4. The molecule has 0 bridgehead atoms. The molecule has 0 aromatic carbocycles. The second-order valence-corrected chi connectivity index (χ2v) is 9.95. The van der Waals surface area contributed by atoms with Crippen molar-refractivity contribution in [2.24, 2.45) is 17.8 Å². The molecule has 6 N–H and O–H groups in total. The molecule has 0 amide bonds. The number of hydrogen-bond acceptors (Lipinski definition) is 13. The predicted molar refractivity (Wildman–Crippen MR) is 117 cm³/mol. The Balaban J connectivity index is 1.79. The van der Waals surface area contributed by atoms with Crippen LogP contribution in [0, 0.1) is 17.8 Å². The van der Waals surface area contributed by atoms with E-state index in [9.17, 15) is 40.2 Å². The third kappa shape index (κ3) is 6.00. The van der Waals surface area contributed by atoms with Crippen LogP contribution in [-0.2, 0) is 33.3 Å². The van der Waals surface area contributed by atoms with E-state index in [4.69, 9.17) is 23.7 Å². The Bertz CT molecular complexity index is 814. The van der Waals surface area contributed by atoms with Crippen molar-refractivity contribution >= 4 is 11.9 Å². The molecule has 3 rings (SSSR count). The van der Waals surface area contributed by atoms with E-state index in [0.29, 0.717) is 5.57 Å². The zero-order valence-corrected chi connectivity index (χ0v) is 20.4. The van der Waals surface area contributed by atoms with E-state index >= 15 is 0 Å². The largest absolute Gasteiger partial charge is 0.463 e. The molecule has 0 aromatic rings. The molecule has 0 spiro atoms. The fraction of sp³-hybridized carbons (Fsp3) is 0.826. The molecule has 10 atom stereocenters. The van der Waals surface area contributed by atoms with Crippen LogP contribution in [0.3, 0.4) is 0 Å². The highest BCUT2D eigenvalue weighted by atomic mass is 16.7. The molecule has 206 valence electrons. The number of carbonyl (C=O) groups excluding carboxylic acids is 2. The minimum atomic E-state index is -2.00. The Morgan fingerprint density at radius 2 is 1.83 bits per heavy atom. The lowest BCUT2D eigenvalue weighted by Crippen LogP contribution is -2.59. The molecule has 36 heavy (non-hydrogen) atoms. The SMILES string of the molecule is CC(=O)OC[C@]1(O)[C@H]2[C@H](OC(=O)CC(C)C)OC=C(CO[C@H]3O[C@H](CO)[C@@H](O)[C@H](O)[C@@H]3O)[C@H]2C[C@@H]1O. The van der Waals surface area contributed by atoms with Crippen molar-refractivity contribution in [3.05, 3.63) is 11.8 Å². The monoisotopic (exact) mass is 520 g/mol. The van der Waals surface area contributed by atoms with Crippen molar-refractivity contribution in [2.45, 2.75) is 82.3 Å². The van der Waals surface area contributed by atoms with Gasteiger partial charge in [0.1, 0.15) is 36.6 Å². The Labute approximate surface area is 208 Å². The number of ether oxygens (including phenoxy) is 5. The molecule has 2 fully saturated rings. The van der Waals surface area contributed by atoms with E-state index in [1.54, 1.807) is 0 Å². The maximum absolute atomic E-state index is 12.3. The van der Waals surface area contributed by atoms with Gasteiger partial charge in [-0.2, -0.15) is 0 Å². The van der Waals surface area contributed by atoms with Gasteiger partial charge in [0.2, 0.25) is 6.29 Å². The lowest BCUT2D eigenvalue weighted by Gasteiger charge is -2.41. The Kier molecular flexibility index (Phi) is 9.33. The number of aliphatic hydroxyl groups is 6. The summed E-state index contributed by atoms with van der Waals surface area (Å²) in [6.07, 6.45) is -8.66. The van der Waals surface area contributed by atoms with Crippen molar-refractivity contribution in [3.63, 3.8) is 0 Å². The van der Waals surface area contributed by atoms with Crippen molar-refractivity contribution in [3.8, 4) is 0 Å². The highest BCUT2D eigenvalue weighted by Gasteiger charge is 2.61. The molecule has 1 aliphatic carbocycles. The van der Waals surface area contributed by atoms with Crippen LogP contribution < -0.4 is 0 Å². The number of esters is 2. The van der Waals surface area contributed by atoms with Gasteiger partial charge in [0.15, 0.2) is 6.29 Å². The summed E-state index contributed by atoms with van der Waals surface area (Å²) in [5.74, 6) is -2.91. The van der Waals surface area contributed by atoms with Crippen LogP contribution in [-0.4, -0.2) is 111 Å². The van der Waals surface area contributed by atoms with Crippen LogP contribution in [0.5, 0.6) is 0 Å². The fourth-order valence-corrected chi connectivity index (χ4v) is 4.84. The van der Waals surface area contributed by atoms with Crippen LogP contribution in [0.1, 0.15) is 33.6 Å². The van der Waals surface area contributed by atoms with Gasteiger partial charge in [0.05, 0.1) is 31.5 Å². The summed E-state index contributed by atoms with van der Waals surface area (Å²) in [5.41, 5.74) is -1.59. The highest BCUT2D eigenvalue weighted by Crippen LogP contribution is 2.49. The summed E-state index contributed by atoms with van der Waals surface area (Å²) in [4.78, 5) is 23.8. The first-order valence-electron chi connectivity index (χ1n) is 11.9. The first-order valence-corrected chi connectivity index (χ1v) is 11.9. The molecule has 3 aliphatic rings. The van der Waals surface area contributed by atoms with Crippen LogP contribution in [0.15, 0.2) is 11.8 Å². The predicted octanol–water partition coefficient (Wildman–Crippen LogP) is -2.08. The molecule has 13 heteroatoms. The fourth-order valence-electron chi connectivity index (χ4n) is 4.84. The molecule has 0 radical (unpaired) electrons. The van der Waals surface area contributed by atoms with Gasteiger partial charge in [-0.1, -0.05) is 13.8 Å². The first-order chi connectivity index (χ1) is 16.9. The maximum Gasteiger partial charge on any atom is 0.309 e. The first kappa shape index (κ1) is 28.7. The summed E-state index contributed by atoms with van der Waals surface area (Å²) in [5, 5.41) is 61.6. The van der Waals surface area contributed by atoms with E-state index in [0.717, 1.165) is 6.92 Å². The number of rotatable bonds is 9. The van der Waals surface area contributed by atoms with Crippen LogP contribution >= 0.6 is 0 Å². The van der Waals surface area contributed by atoms with E-state index in [-0.39, 0.29) is 25.4 Å². The van der Waals surface area contributed by atoms with E-state index in [2.05, 4.69) is 0 Å². The Morgan fingerprint density at radius 3 is 2.44 bits per heavy atom. The average molecular weight is 521 g/mol. The summed E-state index contributed by atoms with van der Waals surface area (Å²) in [6.45, 7) is 3.37.